The monoisotopic (exact) mass is 242 g/mol. The van der Waals surface area contributed by atoms with Crippen LogP contribution in [0.3, 0.4) is 0 Å². The SMILES string of the molecule is CCCC(O)CNc1cc(OC)c(N)cc1F. The fourth-order valence-electron chi connectivity index (χ4n) is 1.54. The number of hydrogen-bond donors (Lipinski definition) is 3. The highest BCUT2D eigenvalue weighted by Crippen LogP contribution is 2.28. The maximum atomic E-state index is 13.5. The molecule has 4 N–H and O–H groups in total. The molecule has 0 saturated heterocycles. The van der Waals surface area contributed by atoms with Gasteiger partial charge in [0.05, 0.1) is 24.6 Å². The Morgan fingerprint density at radius 1 is 1.53 bits per heavy atom. The molecule has 0 radical (unpaired) electrons. The minimum atomic E-state index is -0.483. The van der Waals surface area contributed by atoms with Crippen LogP contribution in [0.5, 0.6) is 5.75 Å². The Labute approximate surface area is 101 Å². The minimum Gasteiger partial charge on any atom is -0.495 e. The van der Waals surface area contributed by atoms with E-state index in [0.717, 1.165) is 6.42 Å². The third kappa shape index (κ3) is 3.78. The molecule has 0 fully saturated rings. The van der Waals surface area contributed by atoms with Crippen LogP contribution in [0, 0.1) is 5.82 Å². The van der Waals surface area contributed by atoms with Crippen LogP contribution < -0.4 is 15.8 Å². The fraction of sp³-hybridized carbons (Fsp3) is 0.500. The van der Waals surface area contributed by atoms with Crippen molar-refractivity contribution in [3.05, 3.63) is 17.9 Å². The van der Waals surface area contributed by atoms with E-state index in [9.17, 15) is 9.50 Å². The second kappa shape index (κ2) is 6.30. The van der Waals surface area contributed by atoms with Crippen LogP contribution in [-0.2, 0) is 0 Å². The predicted molar refractivity (Wildman–Crippen MR) is 66.8 cm³/mol. The molecule has 96 valence electrons. The molecular weight excluding hydrogens is 223 g/mol. The van der Waals surface area contributed by atoms with Crippen LogP contribution in [0.15, 0.2) is 12.1 Å². The Morgan fingerprint density at radius 2 is 2.24 bits per heavy atom. The lowest BCUT2D eigenvalue weighted by Crippen LogP contribution is -2.19. The molecule has 0 spiro atoms. The summed E-state index contributed by atoms with van der Waals surface area (Å²) >= 11 is 0. The van der Waals surface area contributed by atoms with Crippen molar-refractivity contribution in [2.24, 2.45) is 0 Å². The molecule has 17 heavy (non-hydrogen) atoms. The average Bonchev–Trinajstić information content (AvgIpc) is 2.28. The highest BCUT2D eigenvalue weighted by atomic mass is 19.1. The number of benzene rings is 1. The summed E-state index contributed by atoms with van der Waals surface area (Å²) in [6, 6.07) is 2.69. The maximum Gasteiger partial charge on any atom is 0.148 e. The largest absolute Gasteiger partial charge is 0.495 e. The minimum absolute atomic E-state index is 0.254. The lowest BCUT2D eigenvalue weighted by Gasteiger charge is -2.14. The molecule has 0 heterocycles. The van der Waals surface area contributed by atoms with E-state index in [4.69, 9.17) is 10.5 Å². The number of nitrogens with two attached hydrogens (primary N) is 1. The van der Waals surface area contributed by atoms with Gasteiger partial charge >= 0.3 is 0 Å². The van der Waals surface area contributed by atoms with Crippen molar-refractivity contribution in [2.45, 2.75) is 25.9 Å². The Bertz CT molecular complexity index is 372. The maximum absolute atomic E-state index is 13.5. The molecule has 0 saturated carbocycles. The Hall–Kier alpha value is -1.49. The van der Waals surface area contributed by atoms with Crippen molar-refractivity contribution in [1.29, 1.82) is 0 Å². The summed E-state index contributed by atoms with van der Waals surface area (Å²) in [4.78, 5) is 0. The van der Waals surface area contributed by atoms with E-state index in [-0.39, 0.29) is 11.4 Å². The van der Waals surface area contributed by atoms with E-state index in [1.807, 2.05) is 6.92 Å². The van der Waals surface area contributed by atoms with Gasteiger partial charge in [-0.05, 0) is 6.42 Å². The normalized spacial score (nSPS) is 12.2. The molecule has 4 nitrogen and oxygen atoms in total. The van der Waals surface area contributed by atoms with Crippen LogP contribution in [0.25, 0.3) is 0 Å². The van der Waals surface area contributed by atoms with Crippen LogP contribution in [0.1, 0.15) is 19.8 Å². The number of aliphatic hydroxyl groups excluding tert-OH is 1. The van der Waals surface area contributed by atoms with Crippen molar-refractivity contribution >= 4 is 11.4 Å². The first kappa shape index (κ1) is 13.6. The molecule has 0 aromatic heterocycles. The van der Waals surface area contributed by atoms with Gasteiger partial charge in [0.1, 0.15) is 11.6 Å². The Morgan fingerprint density at radius 3 is 2.82 bits per heavy atom. The number of halogens is 1. The molecule has 1 rings (SSSR count). The van der Waals surface area contributed by atoms with Gasteiger partial charge in [0.15, 0.2) is 0 Å². The van der Waals surface area contributed by atoms with Gasteiger partial charge in [-0.15, -0.1) is 0 Å². The number of hydrogen-bond acceptors (Lipinski definition) is 4. The van der Waals surface area contributed by atoms with Crippen molar-refractivity contribution < 1.29 is 14.2 Å². The van der Waals surface area contributed by atoms with E-state index < -0.39 is 11.9 Å². The molecular formula is C12H19FN2O2. The topological polar surface area (TPSA) is 67.5 Å². The molecule has 1 aromatic carbocycles. The van der Waals surface area contributed by atoms with Crippen LogP contribution in [-0.4, -0.2) is 24.9 Å². The van der Waals surface area contributed by atoms with Crippen LogP contribution >= 0.6 is 0 Å². The van der Waals surface area contributed by atoms with E-state index in [0.29, 0.717) is 18.7 Å². The van der Waals surface area contributed by atoms with Gasteiger partial charge in [-0.3, -0.25) is 0 Å². The number of rotatable bonds is 6. The van der Waals surface area contributed by atoms with Crippen molar-refractivity contribution in [1.82, 2.24) is 0 Å². The summed E-state index contributed by atoms with van der Waals surface area (Å²) < 4.78 is 18.5. The lowest BCUT2D eigenvalue weighted by molar-refractivity contribution is 0.176. The third-order valence-corrected chi connectivity index (χ3v) is 2.47. The Kier molecular flexibility index (Phi) is 5.03. The smallest absolute Gasteiger partial charge is 0.148 e. The van der Waals surface area contributed by atoms with E-state index in [2.05, 4.69) is 5.32 Å². The molecule has 1 aromatic rings. The Balaban J connectivity index is 2.70. The zero-order valence-corrected chi connectivity index (χ0v) is 10.2. The molecule has 5 heteroatoms. The fourth-order valence-corrected chi connectivity index (χ4v) is 1.54. The number of nitrogen functional groups attached to an aromatic ring is 1. The first-order valence-corrected chi connectivity index (χ1v) is 5.63. The summed E-state index contributed by atoms with van der Waals surface area (Å²) in [7, 11) is 1.47. The molecule has 0 aliphatic rings. The first-order chi connectivity index (χ1) is 8.08. The van der Waals surface area contributed by atoms with Crippen LogP contribution in [0.2, 0.25) is 0 Å². The van der Waals surface area contributed by atoms with Gasteiger partial charge in [0, 0.05) is 18.7 Å². The summed E-state index contributed by atoms with van der Waals surface area (Å²) in [5, 5.41) is 12.4. The van der Waals surface area contributed by atoms with E-state index in [1.165, 1.54) is 19.2 Å². The highest BCUT2D eigenvalue weighted by molar-refractivity contribution is 5.62. The average molecular weight is 242 g/mol. The van der Waals surface area contributed by atoms with Gasteiger partial charge in [-0.25, -0.2) is 4.39 Å². The van der Waals surface area contributed by atoms with Gasteiger partial charge in [-0.1, -0.05) is 13.3 Å². The second-order valence-corrected chi connectivity index (χ2v) is 3.90. The summed E-state index contributed by atoms with van der Waals surface area (Å²) in [6.45, 7) is 2.29. The summed E-state index contributed by atoms with van der Waals surface area (Å²) in [6.07, 6.45) is 1.08. The number of methoxy groups -OCH3 is 1. The zero-order chi connectivity index (χ0) is 12.8. The van der Waals surface area contributed by atoms with Gasteiger partial charge in [0.2, 0.25) is 0 Å². The predicted octanol–water partition coefficient (Wildman–Crippen LogP) is 1.99. The van der Waals surface area contributed by atoms with Crippen LogP contribution in [0.4, 0.5) is 15.8 Å². The number of nitrogens with one attached hydrogen (secondary N) is 1. The lowest BCUT2D eigenvalue weighted by atomic mass is 10.2. The standard InChI is InChI=1S/C12H19FN2O2/c1-3-4-8(16)7-15-11-6-12(17-2)10(14)5-9(11)13/h5-6,8,15-16H,3-4,7,14H2,1-2H3. The van der Waals surface area contributed by atoms with E-state index in [1.54, 1.807) is 0 Å². The quantitative estimate of drug-likeness (QED) is 0.667. The molecule has 1 unspecified atom stereocenters. The molecule has 1 atom stereocenters. The first-order valence-electron chi connectivity index (χ1n) is 5.63. The van der Waals surface area contributed by atoms with E-state index >= 15 is 0 Å². The van der Waals surface area contributed by atoms with Crippen molar-refractivity contribution in [3.8, 4) is 5.75 Å². The molecule has 0 aliphatic heterocycles. The van der Waals surface area contributed by atoms with Crippen molar-refractivity contribution in [3.63, 3.8) is 0 Å². The summed E-state index contributed by atoms with van der Waals surface area (Å²) in [5.74, 6) is -0.0362. The molecule has 0 amide bonds. The van der Waals surface area contributed by atoms with Gasteiger partial charge in [0.25, 0.3) is 0 Å². The number of anilines is 2. The van der Waals surface area contributed by atoms with Crippen molar-refractivity contribution in [2.75, 3.05) is 24.7 Å². The molecule has 0 aliphatic carbocycles. The highest BCUT2D eigenvalue weighted by Gasteiger charge is 2.09. The van der Waals surface area contributed by atoms with Gasteiger partial charge in [-0.2, -0.15) is 0 Å². The summed E-state index contributed by atoms with van der Waals surface area (Å²) in [5.41, 5.74) is 6.10. The zero-order valence-electron chi connectivity index (χ0n) is 10.2. The second-order valence-electron chi connectivity index (χ2n) is 3.90. The molecule has 0 bridgehead atoms. The van der Waals surface area contributed by atoms with Gasteiger partial charge < -0.3 is 20.9 Å². The number of ether oxygens (including phenoxy) is 1. The third-order valence-electron chi connectivity index (χ3n) is 2.47. The number of aliphatic hydroxyl groups is 1.